The monoisotopic (exact) mass is 425 g/mol. The van der Waals surface area contributed by atoms with Crippen molar-refractivity contribution < 1.29 is 19.5 Å². The van der Waals surface area contributed by atoms with Crippen LogP contribution in [0.25, 0.3) is 0 Å². The summed E-state index contributed by atoms with van der Waals surface area (Å²) in [5.74, 6) is 0.413. The molecule has 0 aromatic carbocycles. The third-order valence-electron chi connectivity index (χ3n) is 4.48. The number of unbranched alkanes of at least 4 members (excludes halogenated alkanes) is 2. The minimum absolute atomic E-state index is 0.0659. The molecule has 11 nitrogen and oxygen atoms in total. The molecule has 11 heteroatoms. The molecule has 0 fully saturated rings. The standard InChI is InChI=1S/C19H35N7O4/c1-6-7-8-9-15(12-26(29)13-27)17(28)23-24-18-20-16(14(2)3)21-19(22-18)25(4)10-11-30-5/h13-15,29H,6-12H2,1-5H3,(H,23,28)(H,20,21,22,24)/t15-/m1/s1. The molecule has 0 aliphatic carbocycles. The van der Waals surface area contributed by atoms with Gasteiger partial charge >= 0.3 is 0 Å². The van der Waals surface area contributed by atoms with Crippen molar-refractivity contribution in [2.45, 2.75) is 52.4 Å². The molecule has 3 N–H and O–H groups in total. The highest BCUT2D eigenvalue weighted by atomic mass is 16.5. The topological polar surface area (TPSA) is 133 Å². The Balaban J connectivity index is 2.88. The van der Waals surface area contributed by atoms with Crippen LogP contribution in [0.1, 0.15) is 58.2 Å². The van der Waals surface area contributed by atoms with E-state index in [1.807, 2.05) is 25.8 Å². The van der Waals surface area contributed by atoms with Crippen molar-refractivity contribution in [2.75, 3.05) is 44.2 Å². The number of hydroxylamine groups is 2. The van der Waals surface area contributed by atoms with Gasteiger partial charge in [0.1, 0.15) is 5.82 Å². The van der Waals surface area contributed by atoms with Crippen molar-refractivity contribution >= 4 is 24.2 Å². The molecule has 0 bridgehead atoms. The highest BCUT2D eigenvalue weighted by molar-refractivity contribution is 5.80. The van der Waals surface area contributed by atoms with Gasteiger partial charge in [-0.1, -0.05) is 40.0 Å². The molecule has 2 amide bonds. The Bertz CT molecular complexity index is 660. The smallest absolute Gasteiger partial charge is 0.246 e. The number of ether oxygens (including phenoxy) is 1. The van der Waals surface area contributed by atoms with Crippen molar-refractivity contribution in [2.24, 2.45) is 5.92 Å². The van der Waals surface area contributed by atoms with Crippen LogP contribution in [0.3, 0.4) is 0 Å². The lowest BCUT2D eigenvalue weighted by molar-refractivity contribution is -0.154. The van der Waals surface area contributed by atoms with Gasteiger partial charge in [-0.05, 0) is 6.42 Å². The van der Waals surface area contributed by atoms with Crippen LogP contribution < -0.4 is 15.8 Å². The molecule has 0 saturated heterocycles. The first-order valence-electron chi connectivity index (χ1n) is 10.2. The normalized spacial score (nSPS) is 11.8. The quantitative estimate of drug-likeness (QED) is 0.166. The number of anilines is 2. The Labute approximate surface area is 178 Å². The predicted molar refractivity (Wildman–Crippen MR) is 113 cm³/mol. The van der Waals surface area contributed by atoms with Gasteiger partial charge in [-0.15, -0.1) is 0 Å². The maximum atomic E-state index is 12.6. The van der Waals surface area contributed by atoms with Crippen LogP contribution in [0.4, 0.5) is 11.9 Å². The lowest BCUT2D eigenvalue weighted by Gasteiger charge is -2.21. The molecule has 170 valence electrons. The number of hydrogen-bond donors (Lipinski definition) is 3. The van der Waals surface area contributed by atoms with Crippen LogP contribution in [0.15, 0.2) is 0 Å². The van der Waals surface area contributed by atoms with E-state index in [0.717, 1.165) is 19.3 Å². The van der Waals surface area contributed by atoms with E-state index in [9.17, 15) is 14.8 Å². The third-order valence-corrected chi connectivity index (χ3v) is 4.48. The molecule has 1 aromatic rings. The maximum absolute atomic E-state index is 12.6. The van der Waals surface area contributed by atoms with E-state index in [4.69, 9.17) is 4.74 Å². The van der Waals surface area contributed by atoms with E-state index in [2.05, 4.69) is 32.7 Å². The SMILES string of the molecule is CCCCC[C@H](CN(O)C=O)C(=O)NNc1nc(C(C)C)nc(N(C)CCOC)n1. The Kier molecular flexibility index (Phi) is 11.6. The Morgan fingerprint density at radius 1 is 1.27 bits per heavy atom. The van der Waals surface area contributed by atoms with Crippen LogP contribution in [-0.2, 0) is 14.3 Å². The molecule has 1 rings (SSSR count). The number of hydrazine groups is 1. The number of likely N-dealkylation sites (N-methyl/N-ethyl adjacent to an activating group) is 1. The Hall–Kier alpha value is -2.53. The zero-order valence-corrected chi connectivity index (χ0v) is 18.6. The fraction of sp³-hybridized carbons (Fsp3) is 0.737. The average Bonchev–Trinajstić information content (AvgIpc) is 2.74. The molecule has 0 aliphatic rings. The highest BCUT2D eigenvalue weighted by Crippen LogP contribution is 2.16. The number of nitrogens with zero attached hydrogens (tertiary/aromatic N) is 5. The van der Waals surface area contributed by atoms with E-state index in [1.165, 1.54) is 0 Å². The van der Waals surface area contributed by atoms with Crippen molar-refractivity contribution in [3.63, 3.8) is 0 Å². The van der Waals surface area contributed by atoms with Crippen molar-refractivity contribution in [1.82, 2.24) is 25.4 Å². The van der Waals surface area contributed by atoms with Crippen LogP contribution in [-0.4, -0.2) is 71.4 Å². The number of rotatable bonds is 15. The molecule has 0 spiro atoms. The fourth-order valence-corrected chi connectivity index (χ4v) is 2.63. The zero-order valence-electron chi connectivity index (χ0n) is 18.6. The minimum atomic E-state index is -0.561. The summed E-state index contributed by atoms with van der Waals surface area (Å²) in [5, 5.41) is 9.99. The number of aromatic nitrogens is 3. The predicted octanol–water partition coefficient (Wildman–Crippen LogP) is 1.56. The number of methoxy groups -OCH3 is 1. The summed E-state index contributed by atoms with van der Waals surface area (Å²) in [4.78, 5) is 38.4. The second-order valence-electron chi connectivity index (χ2n) is 7.42. The molecule has 30 heavy (non-hydrogen) atoms. The number of carbonyl (C=O) groups excluding carboxylic acids is 2. The highest BCUT2D eigenvalue weighted by Gasteiger charge is 2.21. The van der Waals surface area contributed by atoms with Crippen LogP contribution in [0.5, 0.6) is 0 Å². The summed E-state index contributed by atoms with van der Waals surface area (Å²) in [6.07, 6.45) is 3.62. The number of hydrogen-bond acceptors (Lipinski definition) is 9. The van der Waals surface area contributed by atoms with Crippen molar-refractivity contribution in [3.8, 4) is 0 Å². The van der Waals surface area contributed by atoms with Gasteiger partial charge in [0.2, 0.25) is 24.2 Å². The van der Waals surface area contributed by atoms with Gasteiger partial charge in [0.05, 0.1) is 19.1 Å². The summed E-state index contributed by atoms with van der Waals surface area (Å²) >= 11 is 0. The Morgan fingerprint density at radius 3 is 2.60 bits per heavy atom. The minimum Gasteiger partial charge on any atom is -0.383 e. The van der Waals surface area contributed by atoms with Gasteiger partial charge in [0, 0.05) is 26.6 Å². The van der Waals surface area contributed by atoms with Crippen molar-refractivity contribution in [1.29, 1.82) is 0 Å². The van der Waals surface area contributed by atoms with Gasteiger partial charge < -0.3 is 9.64 Å². The fourth-order valence-electron chi connectivity index (χ4n) is 2.63. The summed E-state index contributed by atoms with van der Waals surface area (Å²) in [7, 11) is 3.47. The van der Waals surface area contributed by atoms with Gasteiger partial charge in [-0.25, -0.2) is 5.06 Å². The average molecular weight is 426 g/mol. The third kappa shape index (κ3) is 8.87. The van der Waals surface area contributed by atoms with E-state index >= 15 is 0 Å². The molecule has 1 atom stereocenters. The summed E-state index contributed by atoms with van der Waals surface area (Å²) in [6, 6.07) is 0. The largest absolute Gasteiger partial charge is 0.383 e. The molecule has 1 heterocycles. The van der Waals surface area contributed by atoms with Gasteiger partial charge in [-0.2, -0.15) is 15.0 Å². The van der Waals surface area contributed by atoms with E-state index in [-0.39, 0.29) is 30.7 Å². The molecule has 0 radical (unpaired) electrons. The molecule has 0 saturated carbocycles. The Morgan fingerprint density at radius 2 is 2.00 bits per heavy atom. The molecule has 0 unspecified atom stereocenters. The van der Waals surface area contributed by atoms with Gasteiger partial charge in [-0.3, -0.25) is 25.6 Å². The molecule has 0 aliphatic heterocycles. The first-order valence-corrected chi connectivity index (χ1v) is 10.2. The van der Waals surface area contributed by atoms with Crippen LogP contribution in [0, 0.1) is 5.92 Å². The lowest BCUT2D eigenvalue weighted by atomic mass is 10.0. The number of amides is 2. The second-order valence-corrected chi connectivity index (χ2v) is 7.42. The van der Waals surface area contributed by atoms with E-state index < -0.39 is 5.92 Å². The summed E-state index contributed by atoms with van der Waals surface area (Å²) in [6.45, 7) is 7.04. The summed E-state index contributed by atoms with van der Waals surface area (Å²) < 4.78 is 5.09. The van der Waals surface area contributed by atoms with E-state index in [1.54, 1.807) is 7.11 Å². The first-order chi connectivity index (χ1) is 14.3. The maximum Gasteiger partial charge on any atom is 0.246 e. The number of nitrogens with one attached hydrogen (secondary N) is 2. The van der Waals surface area contributed by atoms with Crippen LogP contribution >= 0.6 is 0 Å². The van der Waals surface area contributed by atoms with Gasteiger partial charge in [0.15, 0.2) is 0 Å². The molecular weight excluding hydrogens is 390 g/mol. The van der Waals surface area contributed by atoms with Crippen molar-refractivity contribution in [3.05, 3.63) is 5.82 Å². The first kappa shape index (κ1) is 25.5. The van der Waals surface area contributed by atoms with Gasteiger partial charge in [0.25, 0.3) is 0 Å². The lowest BCUT2D eigenvalue weighted by Crippen LogP contribution is -2.40. The zero-order chi connectivity index (χ0) is 22.5. The summed E-state index contributed by atoms with van der Waals surface area (Å²) in [5.41, 5.74) is 5.34. The number of carbonyl (C=O) groups is 2. The second kappa shape index (κ2) is 13.6. The van der Waals surface area contributed by atoms with Crippen LogP contribution in [0.2, 0.25) is 0 Å². The van der Waals surface area contributed by atoms with E-state index in [0.29, 0.717) is 36.4 Å². The molecular formula is C19H35N7O4. The molecule has 1 aromatic heterocycles.